The Morgan fingerprint density at radius 3 is 2.93 bits per heavy atom. The molecule has 0 unspecified atom stereocenters. The number of nitrogens with zero attached hydrogens (tertiary/aromatic N) is 5. The average molecular weight is 386 g/mol. The van der Waals surface area contributed by atoms with Gasteiger partial charge < -0.3 is 15.0 Å². The highest BCUT2D eigenvalue weighted by Crippen LogP contribution is 2.41. The van der Waals surface area contributed by atoms with Gasteiger partial charge in [0.2, 0.25) is 5.91 Å². The molecular formula is C19H26N6O3. The van der Waals surface area contributed by atoms with Gasteiger partial charge in [-0.25, -0.2) is 4.98 Å². The molecule has 3 fully saturated rings. The van der Waals surface area contributed by atoms with Crippen molar-refractivity contribution in [3.05, 3.63) is 22.4 Å². The fourth-order valence-electron chi connectivity index (χ4n) is 5.60. The number of aliphatic hydroxyl groups is 1. The summed E-state index contributed by atoms with van der Waals surface area (Å²) in [5.41, 5.74) is 0.427. The first-order valence-electron chi connectivity index (χ1n) is 10.1. The second kappa shape index (κ2) is 6.66. The predicted octanol–water partition coefficient (Wildman–Crippen LogP) is -0.150. The summed E-state index contributed by atoms with van der Waals surface area (Å²) in [6.07, 6.45) is 5.15. The van der Waals surface area contributed by atoms with Gasteiger partial charge in [-0.3, -0.25) is 19.2 Å². The zero-order valence-corrected chi connectivity index (χ0v) is 16.0. The molecular weight excluding hydrogens is 360 g/mol. The molecule has 5 heterocycles. The normalized spacial score (nSPS) is 30.6. The number of H-pyrrole nitrogens is 1. The average Bonchev–Trinajstić information content (AvgIpc) is 3.04. The molecule has 0 spiro atoms. The van der Waals surface area contributed by atoms with E-state index in [0.29, 0.717) is 35.7 Å². The monoisotopic (exact) mass is 386 g/mol. The zero-order chi connectivity index (χ0) is 19.4. The Hall–Kier alpha value is -2.26. The minimum Gasteiger partial charge on any atom is -0.394 e. The summed E-state index contributed by atoms with van der Waals surface area (Å²) in [5.74, 6) is 1.51. The van der Waals surface area contributed by atoms with Crippen LogP contribution in [0, 0.1) is 11.8 Å². The lowest BCUT2D eigenvalue weighted by Gasteiger charge is -2.56. The number of piperidine rings is 3. The van der Waals surface area contributed by atoms with Crippen LogP contribution in [0.15, 0.2) is 11.0 Å². The van der Waals surface area contributed by atoms with Crippen LogP contribution in [0.3, 0.4) is 0 Å². The maximum absolute atomic E-state index is 12.5. The fraction of sp³-hybridized carbons (Fsp3) is 0.684. The van der Waals surface area contributed by atoms with Crippen molar-refractivity contribution in [2.75, 3.05) is 19.7 Å². The summed E-state index contributed by atoms with van der Waals surface area (Å²) in [4.78, 5) is 36.7. The number of carbonyl (C=O) groups excluding carboxylic acids is 1. The second-order valence-electron chi connectivity index (χ2n) is 8.48. The molecule has 2 aromatic rings. The Morgan fingerprint density at radius 1 is 1.29 bits per heavy atom. The molecule has 28 heavy (non-hydrogen) atoms. The molecule has 3 aliphatic rings. The molecule has 150 valence electrons. The van der Waals surface area contributed by atoms with Gasteiger partial charge in [0.05, 0.1) is 25.4 Å². The van der Waals surface area contributed by atoms with E-state index in [2.05, 4.69) is 20.0 Å². The third-order valence-electron chi connectivity index (χ3n) is 6.78. The van der Waals surface area contributed by atoms with Crippen molar-refractivity contribution in [1.29, 1.82) is 0 Å². The molecule has 0 aliphatic carbocycles. The van der Waals surface area contributed by atoms with Crippen LogP contribution in [-0.4, -0.2) is 72.3 Å². The first-order chi connectivity index (χ1) is 13.5. The van der Waals surface area contributed by atoms with Crippen molar-refractivity contribution in [1.82, 2.24) is 29.5 Å². The fourth-order valence-corrected chi connectivity index (χ4v) is 5.60. The SMILES string of the molecule is Cn1ncc2c(=O)[nH]c(CN3C[C@H]4C[C@@H](C3)[C@H](CO)N3C(=O)CCC[C@@H]43)nc21. The number of hydrogen-bond donors (Lipinski definition) is 2. The van der Waals surface area contributed by atoms with Crippen LogP contribution in [0.4, 0.5) is 0 Å². The van der Waals surface area contributed by atoms with E-state index >= 15 is 0 Å². The maximum atomic E-state index is 12.5. The molecule has 0 radical (unpaired) electrons. The molecule has 9 heteroatoms. The van der Waals surface area contributed by atoms with Gasteiger partial charge in [-0.15, -0.1) is 0 Å². The standard InChI is InChI=1S/C19H26N6O3/c1-23-18-13(6-20-23)19(28)22-16(21-18)9-24-7-11-5-12(8-24)15(10-26)25-14(11)3-2-4-17(25)27/h6,11-12,14-15,26H,2-5,7-10H2,1H3,(H,21,22,28)/t11-,12+,14+,15+/m1/s1. The van der Waals surface area contributed by atoms with Crippen molar-refractivity contribution in [3.63, 3.8) is 0 Å². The molecule has 1 amide bonds. The molecule has 0 saturated carbocycles. The van der Waals surface area contributed by atoms with Gasteiger partial charge in [0.15, 0.2) is 5.65 Å². The number of aliphatic hydroxyl groups excluding tert-OH is 1. The highest BCUT2D eigenvalue weighted by Gasteiger charge is 2.49. The van der Waals surface area contributed by atoms with E-state index in [-0.39, 0.29) is 36.1 Å². The van der Waals surface area contributed by atoms with Gasteiger partial charge in [0, 0.05) is 32.6 Å². The van der Waals surface area contributed by atoms with E-state index in [4.69, 9.17) is 0 Å². The number of amides is 1. The molecule has 5 rings (SSSR count). The summed E-state index contributed by atoms with van der Waals surface area (Å²) < 4.78 is 1.62. The van der Waals surface area contributed by atoms with Crippen LogP contribution in [0.5, 0.6) is 0 Å². The predicted molar refractivity (Wildman–Crippen MR) is 101 cm³/mol. The lowest BCUT2D eigenvalue weighted by Crippen LogP contribution is -2.65. The van der Waals surface area contributed by atoms with E-state index in [1.54, 1.807) is 11.7 Å². The van der Waals surface area contributed by atoms with Crippen molar-refractivity contribution in [2.45, 2.75) is 44.3 Å². The van der Waals surface area contributed by atoms with E-state index < -0.39 is 0 Å². The Morgan fingerprint density at radius 2 is 2.11 bits per heavy atom. The number of carbonyl (C=O) groups is 1. The van der Waals surface area contributed by atoms with Crippen LogP contribution in [0.1, 0.15) is 31.5 Å². The van der Waals surface area contributed by atoms with E-state index in [1.165, 1.54) is 6.20 Å². The number of likely N-dealkylation sites (tertiary alicyclic amines) is 1. The van der Waals surface area contributed by atoms with Crippen LogP contribution in [0.2, 0.25) is 0 Å². The number of fused-ring (bicyclic) bond motifs is 5. The number of rotatable bonds is 3. The minimum atomic E-state index is -0.164. The molecule has 3 saturated heterocycles. The van der Waals surface area contributed by atoms with Crippen LogP contribution < -0.4 is 5.56 Å². The third kappa shape index (κ3) is 2.76. The van der Waals surface area contributed by atoms with E-state index in [1.807, 2.05) is 4.90 Å². The molecule has 2 bridgehead atoms. The van der Waals surface area contributed by atoms with Gasteiger partial charge >= 0.3 is 0 Å². The lowest BCUT2D eigenvalue weighted by molar-refractivity contribution is -0.155. The number of aromatic amines is 1. The molecule has 0 aromatic carbocycles. The lowest BCUT2D eigenvalue weighted by atomic mass is 9.72. The Labute approximate surface area is 162 Å². The highest BCUT2D eigenvalue weighted by molar-refractivity contribution is 5.78. The van der Waals surface area contributed by atoms with Crippen molar-refractivity contribution in [3.8, 4) is 0 Å². The second-order valence-corrected chi connectivity index (χ2v) is 8.48. The van der Waals surface area contributed by atoms with Crippen molar-refractivity contribution < 1.29 is 9.90 Å². The Bertz CT molecular complexity index is 954. The molecule has 2 aromatic heterocycles. The topological polar surface area (TPSA) is 107 Å². The Balaban J connectivity index is 1.41. The van der Waals surface area contributed by atoms with Gasteiger partial charge in [0.25, 0.3) is 5.56 Å². The maximum Gasteiger partial charge on any atom is 0.262 e. The van der Waals surface area contributed by atoms with Crippen molar-refractivity contribution >= 4 is 16.9 Å². The highest BCUT2D eigenvalue weighted by atomic mass is 16.3. The quantitative estimate of drug-likeness (QED) is 0.760. The third-order valence-corrected chi connectivity index (χ3v) is 6.78. The van der Waals surface area contributed by atoms with Crippen molar-refractivity contribution in [2.24, 2.45) is 18.9 Å². The summed E-state index contributed by atoms with van der Waals surface area (Å²) >= 11 is 0. The zero-order valence-electron chi connectivity index (χ0n) is 16.0. The number of aromatic nitrogens is 4. The molecule has 3 aliphatic heterocycles. The number of nitrogens with one attached hydrogen (secondary N) is 1. The first-order valence-corrected chi connectivity index (χ1v) is 10.1. The largest absolute Gasteiger partial charge is 0.394 e. The van der Waals surface area contributed by atoms with Crippen LogP contribution in [-0.2, 0) is 18.4 Å². The molecule has 2 N–H and O–H groups in total. The van der Waals surface area contributed by atoms with Crippen LogP contribution in [0.25, 0.3) is 11.0 Å². The van der Waals surface area contributed by atoms with E-state index in [9.17, 15) is 14.7 Å². The summed E-state index contributed by atoms with van der Waals surface area (Å²) in [5, 5.41) is 14.6. The molecule has 4 atom stereocenters. The summed E-state index contributed by atoms with van der Waals surface area (Å²) in [6.45, 7) is 2.26. The van der Waals surface area contributed by atoms with Gasteiger partial charge in [-0.05, 0) is 31.1 Å². The van der Waals surface area contributed by atoms with Gasteiger partial charge in [-0.2, -0.15) is 5.10 Å². The van der Waals surface area contributed by atoms with E-state index in [0.717, 1.165) is 32.4 Å². The number of hydrogen-bond acceptors (Lipinski definition) is 6. The van der Waals surface area contributed by atoms with Gasteiger partial charge in [-0.1, -0.05) is 0 Å². The molecule has 9 nitrogen and oxygen atoms in total. The summed E-state index contributed by atoms with van der Waals surface area (Å²) in [6, 6.07) is 0.132. The first kappa shape index (κ1) is 17.8. The minimum absolute atomic E-state index is 0.0174. The number of aryl methyl sites for hydroxylation is 1. The van der Waals surface area contributed by atoms with Crippen LogP contribution >= 0.6 is 0 Å². The smallest absolute Gasteiger partial charge is 0.262 e. The Kier molecular flexibility index (Phi) is 4.24. The summed E-state index contributed by atoms with van der Waals surface area (Å²) in [7, 11) is 1.78. The van der Waals surface area contributed by atoms with Gasteiger partial charge in [0.1, 0.15) is 11.2 Å².